The molecule has 0 radical (unpaired) electrons. The van der Waals surface area contributed by atoms with Crippen molar-refractivity contribution < 1.29 is 38.1 Å². The Kier molecular flexibility index (Phi) is 6.74. The van der Waals surface area contributed by atoms with Gasteiger partial charge in [-0.05, 0) is 48.6 Å². The van der Waals surface area contributed by atoms with Crippen molar-refractivity contribution in [1.29, 1.82) is 0 Å². The van der Waals surface area contributed by atoms with Gasteiger partial charge < -0.3 is 28.9 Å². The third kappa shape index (κ3) is 4.30. The molecule has 5 rings (SSSR count). The summed E-state index contributed by atoms with van der Waals surface area (Å²) in [5.41, 5.74) is 2.19. The number of aromatic amines is 2. The van der Waals surface area contributed by atoms with Gasteiger partial charge in [0.05, 0.1) is 73.3 Å². The van der Waals surface area contributed by atoms with Gasteiger partial charge in [0, 0.05) is 0 Å². The molecule has 5 heterocycles. The molecule has 2 aliphatic heterocycles. The number of nitrogens with zero attached hydrogens (tertiary/aromatic N) is 2. The molecule has 0 spiro atoms. The van der Waals surface area contributed by atoms with E-state index in [9.17, 15) is 19.2 Å². The maximum absolute atomic E-state index is 12.9. The van der Waals surface area contributed by atoms with Gasteiger partial charge in [-0.15, -0.1) is 0 Å². The maximum atomic E-state index is 12.9. The predicted octanol–water partition coefficient (Wildman–Crippen LogP) is 3.80. The van der Waals surface area contributed by atoms with Crippen LogP contribution in [0.5, 0.6) is 0 Å². The van der Waals surface area contributed by atoms with E-state index in [1.807, 2.05) is 0 Å². The van der Waals surface area contributed by atoms with Gasteiger partial charge in [0.25, 0.3) is 0 Å². The van der Waals surface area contributed by atoms with Crippen LogP contribution in [0.3, 0.4) is 0 Å². The summed E-state index contributed by atoms with van der Waals surface area (Å²) in [5, 5.41) is 0. The zero-order chi connectivity index (χ0) is 28.6. The third-order valence-corrected chi connectivity index (χ3v) is 6.31. The van der Waals surface area contributed by atoms with Crippen LogP contribution >= 0.6 is 0 Å². The normalized spacial score (nSPS) is 11.7. The molecule has 0 atom stereocenters. The van der Waals surface area contributed by atoms with Crippen LogP contribution < -0.4 is 0 Å². The first-order valence-electron chi connectivity index (χ1n) is 11.8. The Morgan fingerprint density at radius 3 is 0.900 bits per heavy atom. The number of nitrogens with one attached hydrogen (secondary N) is 2. The molecule has 0 amide bonds. The molecule has 0 aliphatic carbocycles. The van der Waals surface area contributed by atoms with Crippen molar-refractivity contribution in [2.75, 3.05) is 28.4 Å². The summed E-state index contributed by atoms with van der Waals surface area (Å²) in [6, 6.07) is 6.31. The Morgan fingerprint density at radius 1 is 0.475 bits per heavy atom. The lowest BCUT2D eigenvalue weighted by Gasteiger charge is -2.03. The summed E-state index contributed by atoms with van der Waals surface area (Å²) < 4.78 is 20.1. The zero-order valence-electron chi connectivity index (χ0n) is 21.8. The molecule has 2 N–H and O–H groups in total. The van der Waals surface area contributed by atoms with Crippen LogP contribution in [-0.4, -0.2) is 72.3 Å². The number of methoxy groups -OCH3 is 4. The van der Waals surface area contributed by atoms with Gasteiger partial charge in [-0.2, -0.15) is 0 Å². The number of esters is 4. The van der Waals surface area contributed by atoms with Crippen molar-refractivity contribution in [3.05, 3.63) is 69.3 Å². The van der Waals surface area contributed by atoms with Crippen molar-refractivity contribution in [1.82, 2.24) is 19.9 Å². The summed E-state index contributed by atoms with van der Waals surface area (Å²) in [4.78, 5) is 66.8. The largest absolute Gasteiger partial charge is 0.465 e. The number of ether oxygens (including phenoxy) is 4. The molecule has 40 heavy (non-hydrogen) atoms. The number of carbonyl (C=O) groups excluding carboxylic acids is 4. The fourth-order valence-corrected chi connectivity index (χ4v) is 4.47. The van der Waals surface area contributed by atoms with E-state index in [0.29, 0.717) is 0 Å². The highest BCUT2D eigenvalue weighted by atomic mass is 16.5. The van der Waals surface area contributed by atoms with Crippen LogP contribution in [0.2, 0.25) is 0 Å². The zero-order valence-corrected chi connectivity index (χ0v) is 21.8. The standard InChI is InChI=1S/C28H22N4O8/c1-37-25(33)21-13-5-7-15(29-13)22(26(34)38-2)17-9-11-19(31-17)24(28(36)40-4)20-12-10-18(32-20)23(27(35)39-3)16-8-6-14(21)30-16/h5-12,29,32H,1-4H3. The van der Waals surface area contributed by atoms with Crippen molar-refractivity contribution in [2.24, 2.45) is 0 Å². The van der Waals surface area contributed by atoms with Crippen LogP contribution in [-0.2, 0) is 18.9 Å². The first-order valence-corrected chi connectivity index (χ1v) is 11.8. The summed E-state index contributed by atoms with van der Waals surface area (Å²) in [6.45, 7) is 0. The highest BCUT2D eigenvalue weighted by Gasteiger charge is 2.24. The second-order valence-electron chi connectivity index (χ2n) is 8.47. The van der Waals surface area contributed by atoms with Gasteiger partial charge in [-0.1, -0.05) is 0 Å². The predicted molar refractivity (Wildman–Crippen MR) is 144 cm³/mol. The van der Waals surface area contributed by atoms with E-state index < -0.39 is 23.9 Å². The molecule has 0 saturated heterocycles. The Morgan fingerprint density at radius 2 is 0.700 bits per heavy atom. The molecule has 3 aromatic rings. The van der Waals surface area contributed by atoms with Crippen LogP contribution in [0.15, 0.2) is 24.3 Å². The lowest BCUT2D eigenvalue weighted by molar-refractivity contribution is 0.0592. The molecule has 2 aliphatic rings. The molecule has 3 aromatic heterocycles. The molecule has 202 valence electrons. The van der Waals surface area contributed by atoms with Gasteiger partial charge in [-0.3, -0.25) is 0 Å². The number of H-pyrrole nitrogens is 2. The molecule has 12 nitrogen and oxygen atoms in total. The summed E-state index contributed by atoms with van der Waals surface area (Å²) in [6.07, 6.45) is 6.20. The average Bonchev–Trinajstić information content (AvgIpc) is 3.78. The highest BCUT2D eigenvalue weighted by Crippen LogP contribution is 2.28. The smallest absolute Gasteiger partial charge is 0.342 e. The molecular weight excluding hydrogens is 520 g/mol. The van der Waals surface area contributed by atoms with Gasteiger partial charge in [0.15, 0.2) is 0 Å². The van der Waals surface area contributed by atoms with Crippen LogP contribution in [0.25, 0.3) is 46.4 Å². The Bertz CT molecular complexity index is 1570. The van der Waals surface area contributed by atoms with Gasteiger partial charge >= 0.3 is 23.9 Å². The first kappa shape index (κ1) is 26.1. The monoisotopic (exact) mass is 542 g/mol. The Hall–Kier alpha value is -5.52. The summed E-state index contributed by atoms with van der Waals surface area (Å²) in [7, 11) is 4.91. The third-order valence-electron chi connectivity index (χ3n) is 6.31. The Balaban J connectivity index is 2.05. The minimum atomic E-state index is -0.702. The fraction of sp³-hybridized carbons (Fsp3) is 0.143. The first-order chi connectivity index (χ1) is 19.3. The fourth-order valence-electron chi connectivity index (χ4n) is 4.47. The highest BCUT2D eigenvalue weighted by molar-refractivity contribution is 6.08. The molecule has 0 aromatic carbocycles. The molecule has 12 heteroatoms. The van der Waals surface area contributed by atoms with Crippen molar-refractivity contribution in [3.8, 4) is 0 Å². The second-order valence-corrected chi connectivity index (χ2v) is 8.47. The summed E-state index contributed by atoms with van der Waals surface area (Å²) >= 11 is 0. The lowest BCUT2D eigenvalue weighted by Crippen LogP contribution is -2.07. The number of hydrogen-bond acceptors (Lipinski definition) is 10. The van der Waals surface area contributed by atoms with E-state index in [2.05, 4.69) is 19.9 Å². The van der Waals surface area contributed by atoms with E-state index in [0.717, 1.165) is 0 Å². The minimum Gasteiger partial charge on any atom is -0.465 e. The van der Waals surface area contributed by atoms with Gasteiger partial charge in [0.1, 0.15) is 22.3 Å². The maximum Gasteiger partial charge on any atom is 0.342 e. The van der Waals surface area contributed by atoms with Crippen molar-refractivity contribution >= 4 is 70.2 Å². The van der Waals surface area contributed by atoms with Gasteiger partial charge in [-0.25, -0.2) is 29.1 Å². The van der Waals surface area contributed by atoms with E-state index in [1.54, 1.807) is 48.6 Å². The second kappa shape index (κ2) is 10.3. The van der Waals surface area contributed by atoms with Gasteiger partial charge in [0.2, 0.25) is 0 Å². The van der Waals surface area contributed by atoms with E-state index in [-0.39, 0.29) is 67.1 Å². The quantitative estimate of drug-likeness (QED) is 0.252. The topological polar surface area (TPSA) is 163 Å². The van der Waals surface area contributed by atoms with Crippen molar-refractivity contribution in [3.63, 3.8) is 0 Å². The van der Waals surface area contributed by atoms with Crippen molar-refractivity contribution in [2.45, 2.75) is 0 Å². The average molecular weight is 543 g/mol. The number of carbonyl (C=O) groups is 4. The van der Waals surface area contributed by atoms with Crippen LogP contribution in [0, 0.1) is 0 Å². The Labute approximate surface area is 226 Å². The molecule has 0 saturated carbocycles. The minimum absolute atomic E-state index is 0.0603. The molecule has 8 bridgehead atoms. The van der Waals surface area contributed by atoms with E-state index in [1.165, 1.54) is 28.4 Å². The molecule has 0 unspecified atom stereocenters. The number of aromatic nitrogens is 4. The molecule has 0 fully saturated rings. The number of rotatable bonds is 4. The van der Waals surface area contributed by atoms with E-state index in [4.69, 9.17) is 18.9 Å². The SMILES string of the molecule is COC(=O)c1c2nc(c(C(=O)OC)c3ccc([nH]3)c(C(=O)OC)c3nc(c(C(=O)OC)c4ccc1[nH]4)C=C3)C=C2. The number of hydrogen-bond donors (Lipinski definition) is 2. The van der Waals surface area contributed by atoms with E-state index >= 15 is 0 Å². The van der Waals surface area contributed by atoms with Crippen LogP contribution in [0.1, 0.15) is 64.2 Å². The van der Waals surface area contributed by atoms with Crippen LogP contribution in [0.4, 0.5) is 0 Å². The lowest BCUT2D eigenvalue weighted by atomic mass is 10.2. The summed E-state index contributed by atoms with van der Waals surface area (Å²) in [5.74, 6) is -2.81. The molecular formula is C28H22N4O8. The number of fused-ring (bicyclic) bond motifs is 8.